The molecule has 0 saturated carbocycles. The van der Waals surface area contributed by atoms with Crippen molar-refractivity contribution in [1.29, 1.82) is 0 Å². The lowest BCUT2D eigenvalue weighted by Gasteiger charge is -2.19. The molecule has 0 aliphatic carbocycles. The van der Waals surface area contributed by atoms with Crippen LogP contribution >= 0.6 is 0 Å². The molecule has 1 aliphatic heterocycles. The summed E-state index contributed by atoms with van der Waals surface area (Å²) in [5.41, 5.74) is 6.93. The van der Waals surface area contributed by atoms with Gasteiger partial charge in [-0.05, 0) is 37.1 Å². The summed E-state index contributed by atoms with van der Waals surface area (Å²) in [4.78, 5) is 2.38. The van der Waals surface area contributed by atoms with Gasteiger partial charge in [-0.1, -0.05) is 48.0 Å². The summed E-state index contributed by atoms with van der Waals surface area (Å²) < 4.78 is 0. The van der Waals surface area contributed by atoms with Crippen LogP contribution in [0.3, 0.4) is 0 Å². The van der Waals surface area contributed by atoms with Gasteiger partial charge in [-0.2, -0.15) is 0 Å². The lowest BCUT2D eigenvalue weighted by atomic mass is 10.1. The molecular formula is C18H22N2. The van der Waals surface area contributed by atoms with E-state index >= 15 is 0 Å². The summed E-state index contributed by atoms with van der Waals surface area (Å²) in [6, 6.07) is 15.5. The molecule has 0 radical (unpaired) electrons. The molecule has 20 heavy (non-hydrogen) atoms. The number of hydrogen-bond donors (Lipinski definition) is 1. The van der Waals surface area contributed by atoms with E-state index in [1.807, 2.05) is 0 Å². The van der Waals surface area contributed by atoms with Gasteiger partial charge in [0, 0.05) is 25.3 Å². The molecule has 2 nitrogen and oxygen atoms in total. The van der Waals surface area contributed by atoms with Crippen molar-refractivity contribution in [1.82, 2.24) is 4.90 Å². The lowest BCUT2D eigenvalue weighted by molar-refractivity contribution is 0.319. The highest BCUT2D eigenvalue weighted by Gasteiger charge is 2.14. The van der Waals surface area contributed by atoms with Crippen LogP contribution in [0.1, 0.15) is 22.3 Å². The number of para-hydroxylation sites is 1. The number of fused-ring (bicyclic) bond motifs is 1. The normalized spacial score (nSPS) is 13.3. The van der Waals surface area contributed by atoms with E-state index in [1.54, 1.807) is 0 Å². The number of nitrogens with one attached hydrogen (secondary N) is 1. The first kappa shape index (κ1) is 13.2. The Bertz CT molecular complexity index is 587. The summed E-state index contributed by atoms with van der Waals surface area (Å²) in [6.45, 7) is 5.19. The van der Waals surface area contributed by atoms with Gasteiger partial charge in [-0.25, -0.2) is 0 Å². The topological polar surface area (TPSA) is 15.3 Å². The SMILES string of the molecule is Cc1ccc(CN(C)Cc2cccc3c2NCC3)cc1. The van der Waals surface area contributed by atoms with Crippen molar-refractivity contribution in [3.05, 3.63) is 64.7 Å². The van der Waals surface area contributed by atoms with Crippen molar-refractivity contribution in [2.24, 2.45) is 0 Å². The molecule has 0 unspecified atom stereocenters. The van der Waals surface area contributed by atoms with Crippen LogP contribution in [0.5, 0.6) is 0 Å². The Labute approximate surface area is 121 Å². The van der Waals surface area contributed by atoms with Gasteiger partial charge in [0.2, 0.25) is 0 Å². The number of aryl methyl sites for hydroxylation is 1. The molecule has 2 aromatic carbocycles. The van der Waals surface area contributed by atoms with Crippen LogP contribution in [-0.4, -0.2) is 18.5 Å². The number of rotatable bonds is 4. The molecule has 1 N–H and O–H groups in total. The Balaban J connectivity index is 1.69. The number of hydrogen-bond acceptors (Lipinski definition) is 2. The van der Waals surface area contributed by atoms with Crippen molar-refractivity contribution < 1.29 is 0 Å². The van der Waals surface area contributed by atoms with Crippen molar-refractivity contribution >= 4 is 5.69 Å². The van der Waals surface area contributed by atoms with E-state index in [4.69, 9.17) is 0 Å². The van der Waals surface area contributed by atoms with E-state index in [-0.39, 0.29) is 0 Å². The summed E-state index contributed by atoms with van der Waals surface area (Å²) >= 11 is 0. The predicted octanol–water partition coefficient (Wildman–Crippen LogP) is 3.60. The van der Waals surface area contributed by atoms with Crippen LogP contribution in [0.15, 0.2) is 42.5 Å². The zero-order valence-corrected chi connectivity index (χ0v) is 12.3. The second-order valence-electron chi connectivity index (χ2n) is 5.79. The highest BCUT2D eigenvalue weighted by molar-refractivity contribution is 5.61. The summed E-state index contributed by atoms with van der Waals surface area (Å²) in [5.74, 6) is 0. The predicted molar refractivity (Wildman–Crippen MR) is 85.0 cm³/mol. The first-order valence-corrected chi connectivity index (χ1v) is 7.31. The minimum atomic E-state index is 0.990. The third-order valence-corrected chi connectivity index (χ3v) is 3.95. The average Bonchev–Trinajstić information content (AvgIpc) is 2.91. The summed E-state index contributed by atoms with van der Waals surface area (Å²) in [5, 5.41) is 3.52. The molecule has 1 heterocycles. The molecule has 2 aromatic rings. The minimum absolute atomic E-state index is 0.990. The second kappa shape index (κ2) is 5.68. The molecule has 3 rings (SSSR count). The fourth-order valence-corrected chi connectivity index (χ4v) is 2.89. The van der Waals surface area contributed by atoms with Gasteiger partial charge in [0.15, 0.2) is 0 Å². The highest BCUT2D eigenvalue weighted by atomic mass is 15.1. The van der Waals surface area contributed by atoms with Crippen molar-refractivity contribution in [2.75, 3.05) is 18.9 Å². The van der Waals surface area contributed by atoms with Gasteiger partial charge >= 0.3 is 0 Å². The maximum atomic E-state index is 3.52. The quantitative estimate of drug-likeness (QED) is 0.909. The maximum absolute atomic E-state index is 3.52. The van der Waals surface area contributed by atoms with Crippen LogP contribution in [-0.2, 0) is 19.5 Å². The minimum Gasteiger partial charge on any atom is -0.384 e. The van der Waals surface area contributed by atoms with Gasteiger partial charge in [-0.3, -0.25) is 4.90 Å². The van der Waals surface area contributed by atoms with Gasteiger partial charge < -0.3 is 5.32 Å². The van der Waals surface area contributed by atoms with Crippen LogP contribution in [0.25, 0.3) is 0 Å². The van der Waals surface area contributed by atoms with Crippen LogP contribution in [0, 0.1) is 6.92 Å². The molecule has 0 aromatic heterocycles. The smallest absolute Gasteiger partial charge is 0.0419 e. The molecular weight excluding hydrogens is 244 g/mol. The molecule has 0 amide bonds. The van der Waals surface area contributed by atoms with E-state index in [0.717, 1.165) is 26.1 Å². The van der Waals surface area contributed by atoms with Gasteiger partial charge in [0.25, 0.3) is 0 Å². The first-order valence-electron chi connectivity index (χ1n) is 7.31. The third-order valence-electron chi connectivity index (χ3n) is 3.95. The molecule has 0 spiro atoms. The zero-order chi connectivity index (χ0) is 13.9. The fourth-order valence-electron chi connectivity index (χ4n) is 2.89. The molecule has 104 valence electrons. The standard InChI is InChI=1S/C18H22N2/c1-14-6-8-15(9-7-14)12-20(2)13-17-5-3-4-16-10-11-19-18(16)17/h3-9,19H,10-13H2,1-2H3. The maximum Gasteiger partial charge on any atom is 0.0419 e. The summed E-state index contributed by atoms with van der Waals surface area (Å²) in [6.07, 6.45) is 1.16. The van der Waals surface area contributed by atoms with Crippen molar-refractivity contribution in [2.45, 2.75) is 26.4 Å². The van der Waals surface area contributed by atoms with E-state index in [0.29, 0.717) is 0 Å². The Morgan fingerprint density at radius 1 is 1.05 bits per heavy atom. The van der Waals surface area contributed by atoms with Gasteiger partial charge in [-0.15, -0.1) is 0 Å². The Morgan fingerprint density at radius 2 is 1.85 bits per heavy atom. The monoisotopic (exact) mass is 266 g/mol. The summed E-state index contributed by atoms with van der Waals surface area (Å²) in [7, 11) is 2.19. The van der Waals surface area contributed by atoms with Crippen LogP contribution in [0.2, 0.25) is 0 Å². The highest BCUT2D eigenvalue weighted by Crippen LogP contribution is 2.27. The molecule has 0 bridgehead atoms. The van der Waals surface area contributed by atoms with E-state index < -0.39 is 0 Å². The third kappa shape index (κ3) is 2.86. The van der Waals surface area contributed by atoms with Crippen LogP contribution in [0.4, 0.5) is 5.69 Å². The number of anilines is 1. The Kier molecular flexibility index (Phi) is 3.75. The number of nitrogens with zero attached hydrogens (tertiary/aromatic N) is 1. The second-order valence-corrected chi connectivity index (χ2v) is 5.79. The molecule has 0 fully saturated rings. The molecule has 1 aliphatic rings. The molecule has 2 heteroatoms. The van der Waals surface area contributed by atoms with E-state index in [2.05, 4.69) is 66.7 Å². The van der Waals surface area contributed by atoms with Gasteiger partial charge in [0.1, 0.15) is 0 Å². The first-order chi connectivity index (χ1) is 9.72. The lowest BCUT2D eigenvalue weighted by Crippen LogP contribution is -2.18. The van der Waals surface area contributed by atoms with Crippen LogP contribution < -0.4 is 5.32 Å². The van der Waals surface area contributed by atoms with Crippen molar-refractivity contribution in [3.63, 3.8) is 0 Å². The van der Waals surface area contributed by atoms with Crippen molar-refractivity contribution in [3.8, 4) is 0 Å². The van der Waals surface area contributed by atoms with E-state index in [9.17, 15) is 0 Å². The Morgan fingerprint density at radius 3 is 2.65 bits per heavy atom. The van der Waals surface area contributed by atoms with E-state index in [1.165, 1.54) is 27.9 Å². The largest absolute Gasteiger partial charge is 0.384 e. The molecule has 0 saturated heterocycles. The van der Waals surface area contributed by atoms with Gasteiger partial charge in [0.05, 0.1) is 0 Å². The molecule has 0 atom stereocenters. The zero-order valence-electron chi connectivity index (χ0n) is 12.3. The number of benzene rings is 2. The average molecular weight is 266 g/mol. The fraction of sp³-hybridized carbons (Fsp3) is 0.333. The Hall–Kier alpha value is -1.80.